The molecule has 3 fully saturated rings. The summed E-state index contributed by atoms with van der Waals surface area (Å²) in [6, 6.07) is 9.66. The van der Waals surface area contributed by atoms with Crippen molar-refractivity contribution in [2.75, 3.05) is 6.54 Å². The number of thiazole rings is 1. The number of carbonyl (C=O) groups excluding carboxylic acids is 4. The largest absolute Gasteiger partial charge is 0.491 e. The lowest BCUT2D eigenvalue weighted by Crippen LogP contribution is -2.48. The van der Waals surface area contributed by atoms with Crippen molar-refractivity contribution in [1.82, 2.24) is 19.6 Å². The maximum atomic E-state index is 15.1. The van der Waals surface area contributed by atoms with Crippen LogP contribution in [0.1, 0.15) is 106 Å². The summed E-state index contributed by atoms with van der Waals surface area (Å²) in [7, 11) is -4.05. The number of carbonyl (C=O) groups is 4. The quantitative estimate of drug-likeness (QED) is 0.136. The second-order valence-electron chi connectivity index (χ2n) is 19.7. The van der Waals surface area contributed by atoms with Crippen LogP contribution in [0, 0.1) is 29.1 Å². The van der Waals surface area contributed by atoms with Crippen molar-refractivity contribution < 1.29 is 55.0 Å². The molecule has 1 N–H and O–H groups in total. The molecule has 7 rings (SSSR count). The zero-order valence-corrected chi connectivity index (χ0v) is 40.0. The average Bonchev–Trinajstić information content (AvgIpc) is 3.98. The van der Waals surface area contributed by atoms with Crippen molar-refractivity contribution >= 4 is 44.9 Å². The standard InChI is InChI=1S/C48H59F3N4O9S2/c1-28(2)62-33-14-12-31(13-15-33)37-21-34(22-38(53-37)42-52-18-19-65-42)63-35-23-39-40(56)26-47(44(59)54-66(60,61)46(7)16-17-46)25-32(47)11-9-8-10-29(3)20-30(4)36(43(58)55(39)27-35)24-41(57)64-45(5,6)48(49,50)51/h9,11-15,18-19,21-22,28-30,32,35-36,39H,8,10,16-17,20,23-27H2,1-7H3,(H,54,59)/b11-9-/t29-,30+,32+,35+,36-,39-,47+/m0/s1. The van der Waals surface area contributed by atoms with Crippen molar-refractivity contribution in [2.45, 2.75) is 141 Å². The summed E-state index contributed by atoms with van der Waals surface area (Å²) in [5.74, 6) is -4.23. The molecule has 3 aromatic rings. The molecule has 66 heavy (non-hydrogen) atoms. The highest BCUT2D eigenvalue weighted by atomic mass is 32.2. The molecule has 13 nitrogen and oxygen atoms in total. The van der Waals surface area contributed by atoms with E-state index in [-0.39, 0.29) is 37.8 Å². The number of halogens is 3. The molecule has 0 radical (unpaired) electrons. The number of hydrogen-bond donors (Lipinski definition) is 1. The summed E-state index contributed by atoms with van der Waals surface area (Å²) in [4.78, 5) is 68.1. The molecule has 1 aromatic carbocycles. The first-order valence-electron chi connectivity index (χ1n) is 22.6. The van der Waals surface area contributed by atoms with Crippen LogP contribution in [-0.4, -0.2) is 88.2 Å². The average molecular weight is 957 g/mol. The van der Waals surface area contributed by atoms with Gasteiger partial charge in [0.05, 0.1) is 46.9 Å². The molecule has 4 aliphatic rings. The van der Waals surface area contributed by atoms with Crippen LogP contribution in [0.25, 0.3) is 22.0 Å². The fraction of sp³-hybridized carbons (Fsp3) is 0.583. The maximum Gasteiger partial charge on any atom is 0.427 e. The first-order chi connectivity index (χ1) is 30.9. The van der Waals surface area contributed by atoms with Gasteiger partial charge in [-0.3, -0.25) is 23.9 Å². The summed E-state index contributed by atoms with van der Waals surface area (Å²) >= 11 is 1.38. The van der Waals surface area contributed by atoms with E-state index in [1.54, 1.807) is 32.2 Å². The van der Waals surface area contributed by atoms with E-state index in [2.05, 4.69) is 9.71 Å². The first kappa shape index (κ1) is 49.1. The lowest BCUT2D eigenvalue weighted by atomic mass is 9.82. The molecule has 2 aliphatic heterocycles. The van der Waals surface area contributed by atoms with Crippen LogP contribution in [0.4, 0.5) is 13.2 Å². The number of allylic oxidation sites excluding steroid dienone is 2. The smallest absolute Gasteiger partial charge is 0.427 e. The van der Waals surface area contributed by atoms with Gasteiger partial charge in [0, 0.05) is 42.1 Å². The zero-order chi connectivity index (χ0) is 48.0. The number of amides is 2. The Bertz CT molecular complexity index is 2440. The molecule has 0 spiro atoms. The third kappa shape index (κ3) is 10.8. The number of fused-ring (bicyclic) bond motifs is 2. The minimum absolute atomic E-state index is 0.00310. The minimum atomic E-state index is -4.88. The van der Waals surface area contributed by atoms with E-state index in [9.17, 15) is 36.0 Å². The van der Waals surface area contributed by atoms with Gasteiger partial charge < -0.3 is 19.1 Å². The van der Waals surface area contributed by atoms with Crippen LogP contribution in [0.3, 0.4) is 0 Å². The molecule has 18 heteroatoms. The fourth-order valence-corrected chi connectivity index (χ4v) is 10.9. The molecule has 2 aromatic heterocycles. The number of sulfonamides is 1. The number of benzene rings is 1. The van der Waals surface area contributed by atoms with E-state index >= 15 is 4.79 Å². The molecule has 4 heterocycles. The van der Waals surface area contributed by atoms with E-state index in [0.717, 1.165) is 19.4 Å². The summed E-state index contributed by atoms with van der Waals surface area (Å²) in [5, 5.41) is 2.43. The second-order valence-corrected chi connectivity index (χ2v) is 22.8. The molecular formula is C48H59F3N4O9S2. The van der Waals surface area contributed by atoms with Gasteiger partial charge >= 0.3 is 12.1 Å². The number of nitrogens with one attached hydrogen (secondary N) is 1. The number of rotatable bonds is 12. The van der Waals surface area contributed by atoms with Gasteiger partial charge in [-0.15, -0.1) is 11.3 Å². The van der Waals surface area contributed by atoms with Crippen molar-refractivity contribution in [3.63, 3.8) is 0 Å². The number of hydrogen-bond acceptors (Lipinski definition) is 12. The third-order valence-corrected chi connectivity index (χ3v) is 16.5. The topological polar surface area (TPSA) is 171 Å². The van der Waals surface area contributed by atoms with Gasteiger partial charge in [0.1, 0.15) is 28.3 Å². The molecule has 2 aliphatic carbocycles. The van der Waals surface area contributed by atoms with Gasteiger partial charge in [0.25, 0.3) is 0 Å². The van der Waals surface area contributed by atoms with Gasteiger partial charge in [-0.05, 0) is 115 Å². The van der Waals surface area contributed by atoms with Crippen LogP contribution < -0.4 is 14.2 Å². The summed E-state index contributed by atoms with van der Waals surface area (Å²) in [5.41, 5.74) is -2.42. The number of esters is 1. The molecule has 2 saturated carbocycles. The van der Waals surface area contributed by atoms with E-state index < -0.39 is 91.8 Å². The Balaban J connectivity index is 1.24. The minimum Gasteiger partial charge on any atom is -0.491 e. The molecular weight excluding hydrogens is 898 g/mol. The van der Waals surface area contributed by atoms with Crippen LogP contribution in [0.15, 0.2) is 60.1 Å². The molecule has 358 valence electrons. The number of nitrogens with zero attached hydrogens (tertiary/aromatic N) is 3. The van der Waals surface area contributed by atoms with Crippen LogP contribution in [-0.2, 0) is 33.9 Å². The maximum absolute atomic E-state index is 15.1. The van der Waals surface area contributed by atoms with Crippen LogP contribution >= 0.6 is 11.3 Å². The molecule has 0 bridgehead atoms. The predicted molar refractivity (Wildman–Crippen MR) is 242 cm³/mol. The predicted octanol–water partition coefficient (Wildman–Crippen LogP) is 8.87. The zero-order valence-electron chi connectivity index (χ0n) is 38.4. The van der Waals surface area contributed by atoms with Crippen molar-refractivity contribution in [1.29, 1.82) is 0 Å². The lowest BCUT2D eigenvalue weighted by molar-refractivity contribution is -0.257. The Labute approximate surface area is 388 Å². The number of ether oxygens (including phenoxy) is 3. The third-order valence-electron chi connectivity index (χ3n) is 13.5. The molecule has 1 saturated heterocycles. The highest BCUT2D eigenvalue weighted by Gasteiger charge is 2.63. The number of aromatic nitrogens is 2. The Kier molecular flexibility index (Phi) is 13.9. The van der Waals surface area contributed by atoms with Gasteiger partial charge in [0.2, 0.25) is 27.4 Å². The first-order valence-corrected chi connectivity index (χ1v) is 25.0. The SMILES string of the molecule is CC(C)Oc1ccc(-c2cc(O[C@@H]3C[C@H]4C(=O)C[C@]5(C(=O)NS(=O)(=O)C6(C)CC6)C[C@H]5/C=C\CC[C@H](C)C[C@@H](C)[C@H](CC(=O)OC(C)(C)C(F)(F)F)C(=O)N4C3)cc(-c3nccs3)n2)cc1. The molecule has 0 unspecified atom stereocenters. The van der Waals surface area contributed by atoms with E-state index in [4.69, 9.17) is 19.2 Å². The van der Waals surface area contributed by atoms with Crippen molar-refractivity contribution in [2.24, 2.45) is 29.1 Å². The van der Waals surface area contributed by atoms with Gasteiger partial charge in [-0.25, -0.2) is 18.4 Å². The van der Waals surface area contributed by atoms with E-state index in [1.165, 1.54) is 16.2 Å². The number of pyridine rings is 1. The Morgan fingerprint density at radius 3 is 2.36 bits per heavy atom. The Morgan fingerprint density at radius 1 is 1.03 bits per heavy atom. The fourth-order valence-electron chi connectivity index (χ4n) is 9.00. The highest BCUT2D eigenvalue weighted by molar-refractivity contribution is 7.91. The van der Waals surface area contributed by atoms with Crippen molar-refractivity contribution in [3.8, 4) is 33.5 Å². The molecule has 7 atom stereocenters. The Morgan fingerprint density at radius 2 is 1.73 bits per heavy atom. The number of Topliss-reactive ketones (excluding diaryl/α,β-unsaturated/α-hetero) is 1. The Hall–Kier alpha value is -4.84. The normalized spacial score (nSPS) is 27.5. The van der Waals surface area contributed by atoms with Crippen molar-refractivity contribution in [3.05, 3.63) is 60.1 Å². The number of alkyl halides is 3. The van der Waals surface area contributed by atoms with Gasteiger partial charge in [0.15, 0.2) is 5.78 Å². The monoisotopic (exact) mass is 956 g/mol. The second kappa shape index (κ2) is 18.7. The van der Waals surface area contributed by atoms with Gasteiger partial charge in [-0.2, -0.15) is 13.2 Å². The number of ketones is 1. The van der Waals surface area contributed by atoms with Crippen LogP contribution in [0.2, 0.25) is 0 Å². The summed E-state index contributed by atoms with van der Waals surface area (Å²) in [6.45, 7) is 10.5. The summed E-state index contributed by atoms with van der Waals surface area (Å²) < 4.78 is 87.0. The summed E-state index contributed by atoms with van der Waals surface area (Å²) in [6.07, 6.45) is 1.30. The lowest BCUT2D eigenvalue weighted by Gasteiger charge is -2.33. The molecule has 2 amide bonds. The highest BCUT2D eigenvalue weighted by Crippen LogP contribution is 2.58. The van der Waals surface area contributed by atoms with E-state index in [1.807, 2.05) is 62.6 Å². The van der Waals surface area contributed by atoms with Crippen LogP contribution in [0.5, 0.6) is 11.5 Å². The van der Waals surface area contributed by atoms with E-state index in [0.29, 0.717) is 60.0 Å². The van der Waals surface area contributed by atoms with Gasteiger partial charge in [-0.1, -0.05) is 26.0 Å².